The molecule has 0 aliphatic carbocycles. The van der Waals surface area contributed by atoms with Gasteiger partial charge >= 0.3 is 0 Å². The van der Waals surface area contributed by atoms with Crippen molar-refractivity contribution < 1.29 is 19.4 Å². The Kier molecular flexibility index (Phi) is 7.32. The molecule has 0 bridgehead atoms. The molecule has 7 heteroatoms. The molecule has 0 atom stereocenters. The van der Waals surface area contributed by atoms with E-state index in [0.29, 0.717) is 5.56 Å². The maximum Gasteiger partial charge on any atom is 0.264 e. The molecule has 0 aromatic heterocycles. The van der Waals surface area contributed by atoms with Gasteiger partial charge < -0.3 is 4.90 Å². The molecule has 0 aliphatic rings. The molecule has 0 saturated carbocycles. The third-order valence-electron chi connectivity index (χ3n) is 3.08. The second-order valence-corrected chi connectivity index (χ2v) is 6.71. The van der Waals surface area contributed by atoms with Crippen LogP contribution in [0.3, 0.4) is 0 Å². The number of carbonyl (C=O) groups excluding carboxylic acids is 2. The van der Waals surface area contributed by atoms with Crippen LogP contribution in [-0.4, -0.2) is 39.2 Å². The number of sulfonamides is 1. The van der Waals surface area contributed by atoms with Crippen molar-refractivity contribution in [1.82, 2.24) is 9.62 Å². The third-order valence-corrected chi connectivity index (χ3v) is 4.43. The molecule has 25 heavy (non-hydrogen) atoms. The van der Waals surface area contributed by atoms with Crippen LogP contribution in [-0.2, 0) is 10.0 Å². The van der Waals surface area contributed by atoms with E-state index in [-0.39, 0.29) is 17.8 Å². The van der Waals surface area contributed by atoms with Gasteiger partial charge in [0.2, 0.25) is 0 Å². The second kappa shape index (κ2) is 8.98. The molecule has 0 saturated heterocycles. The lowest BCUT2D eigenvalue weighted by Gasteiger charge is -2.11. The zero-order chi connectivity index (χ0) is 19.0. The molecule has 0 aliphatic heterocycles. The van der Waals surface area contributed by atoms with Crippen LogP contribution in [0.25, 0.3) is 0 Å². The van der Waals surface area contributed by atoms with Gasteiger partial charge in [-0.15, -0.1) is 0 Å². The molecule has 2 amide bonds. The van der Waals surface area contributed by atoms with Crippen LogP contribution in [0.2, 0.25) is 0 Å². The topological polar surface area (TPSA) is 83.6 Å². The van der Waals surface area contributed by atoms with E-state index in [1.54, 1.807) is 32.3 Å². The number of benzene rings is 2. The minimum absolute atomic E-state index is 0. The summed E-state index contributed by atoms with van der Waals surface area (Å²) in [6, 6.07) is 13.4. The first-order valence-electron chi connectivity index (χ1n) is 7.75. The highest BCUT2D eigenvalue weighted by Gasteiger charge is 2.19. The standard InChI is InChI=1S/C16H16N2O4S.C2H6.H2/c1-18(2)16(20)13-8-10-14(11-9-13)23(21,22)17-15(19)12-6-4-3-5-7-12;1-2;/h3-11H,1-2H3,(H,17,19);1-2H3;1H. The Morgan fingerprint density at radius 1 is 0.880 bits per heavy atom. The zero-order valence-corrected chi connectivity index (χ0v) is 15.5. The summed E-state index contributed by atoms with van der Waals surface area (Å²) in [4.78, 5) is 25.0. The third kappa shape index (κ3) is 5.42. The number of amides is 2. The summed E-state index contributed by atoms with van der Waals surface area (Å²) in [5.74, 6) is -0.943. The van der Waals surface area contributed by atoms with Gasteiger partial charge in [0.05, 0.1) is 4.90 Å². The van der Waals surface area contributed by atoms with E-state index >= 15 is 0 Å². The smallest absolute Gasteiger partial charge is 0.264 e. The van der Waals surface area contributed by atoms with Crippen LogP contribution >= 0.6 is 0 Å². The number of rotatable bonds is 4. The van der Waals surface area contributed by atoms with E-state index in [1.807, 2.05) is 18.6 Å². The van der Waals surface area contributed by atoms with Crippen LogP contribution in [0.15, 0.2) is 59.5 Å². The zero-order valence-electron chi connectivity index (χ0n) is 14.7. The summed E-state index contributed by atoms with van der Waals surface area (Å²) in [6.07, 6.45) is 0. The van der Waals surface area contributed by atoms with Gasteiger partial charge in [0, 0.05) is 26.6 Å². The minimum Gasteiger partial charge on any atom is -0.345 e. The fourth-order valence-electron chi connectivity index (χ4n) is 1.86. The first-order chi connectivity index (χ1) is 11.8. The maximum atomic E-state index is 12.2. The predicted molar refractivity (Wildman–Crippen MR) is 99.0 cm³/mol. The Balaban J connectivity index is 0.00000201. The molecule has 2 aromatic carbocycles. The monoisotopic (exact) mass is 364 g/mol. The van der Waals surface area contributed by atoms with E-state index in [1.165, 1.54) is 41.3 Å². The first-order valence-corrected chi connectivity index (χ1v) is 9.23. The average molecular weight is 364 g/mol. The predicted octanol–water partition coefficient (Wildman–Crippen LogP) is 2.78. The molecule has 136 valence electrons. The highest BCUT2D eigenvalue weighted by molar-refractivity contribution is 7.90. The lowest BCUT2D eigenvalue weighted by Crippen LogP contribution is -2.30. The number of nitrogens with one attached hydrogen (secondary N) is 1. The van der Waals surface area contributed by atoms with Crippen molar-refractivity contribution in [2.45, 2.75) is 18.7 Å². The molecule has 0 radical (unpaired) electrons. The number of hydrogen-bond donors (Lipinski definition) is 1. The van der Waals surface area contributed by atoms with Gasteiger partial charge in [-0.05, 0) is 36.4 Å². The largest absolute Gasteiger partial charge is 0.345 e. The van der Waals surface area contributed by atoms with Gasteiger partial charge in [-0.3, -0.25) is 9.59 Å². The van der Waals surface area contributed by atoms with Crippen molar-refractivity contribution in [3.8, 4) is 0 Å². The molecule has 1 N–H and O–H groups in total. The molecule has 0 spiro atoms. The summed E-state index contributed by atoms with van der Waals surface area (Å²) in [5, 5.41) is 0. The fourth-order valence-corrected chi connectivity index (χ4v) is 2.84. The summed E-state index contributed by atoms with van der Waals surface area (Å²) >= 11 is 0. The molecule has 0 unspecified atom stereocenters. The van der Waals surface area contributed by atoms with Gasteiger partial charge in [-0.25, -0.2) is 13.1 Å². The van der Waals surface area contributed by atoms with E-state index in [0.717, 1.165) is 0 Å². The van der Waals surface area contributed by atoms with Crippen molar-refractivity contribution in [2.75, 3.05) is 14.1 Å². The van der Waals surface area contributed by atoms with Crippen LogP contribution in [0.4, 0.5) is 0 Å². The van der Waals surface area contributed by atoms with Crippen LogP contribution in [0, 0.1) is 0 Å². The molecule has 2 rings (SSSR count). The van der Waals surface area contributed by atoms with Gasteiger partial charge in [0.25, 0.3) is 21.8 Å². The van der Waals surface area contributed by atoms with Gasteiger partial charge in [0.15, 0.2) is 0 Å². The summed E-state index contributed by atoms with van der Waals surface area (Å²) in [6.45, 7) is 4.00. The Labute approximate surface area is 150 Å². The van der Waals surface area contributed by atoms with Crippen LogP contribution < -0.4 is 4.72 Å². The van der Waals surface area contributed by atoms with E-state index in [2.05, 4.69) is 0 Å². The average Bonchev–Trinajstić information content (AvgIpc) is 2.63. The van der Waals surface area contributed by atoms with Gasteiger partial charge in [0.1, 0.15) is 0 Å². The lowest BCUT2D eigenvalue weighted by molar-refractivity contribution is 0.0827. The van der Waals surface area contributed by atoms with Crippen LogP contribution in [0.5, 0.6) is 0 Å². The quantitative estimate of drug-likeness (QED) is 0.904. The normalized spacial score (nSPS) is 10.2. The first kappa shape index (κ1) is 20.4. The Morgan fingerprint density at radius 2 is 1.40 bits per heavy atom. The van der Waals surface area contributed by atoms with E-state index in [4.69, 9.17) is 0 Å². The second-order valence-electron chi connectivity index (χ2n) is 5.02. The molecule has 0 fully saturated rings. The highest BCUT2D eigenvalue weighted by atomic mass is 32.2. The van der Waals surface area contributed by atoms with Crippen molar-refractivity contribution >= 4 is 21.8 Å². The van der Waals surface area contributed by atoms with Crippen molar-refractivity contribution in [2.24, 2.45) is 0 Å². The Hall–Kier alpha value is -2.67. The molecular formula is C18H24N2O4S. The fraction of sp³-hybridized carbons (Fsp3) is 0.222. The molecule has 6 nitrogen and oxygen atoms in total. The maximum absolute atomic E-state index is 12.2. The Bertz CT molecular complexity index is 820. The molecular weight excluding hydrogens is 340 g/mol. The van der Waals surface area contributed by atoms with Crippen LogP contribution in [0.1, 0.15) is 36.0 Å². The highest BCUT2D eigenvalue weighted by Crippen LogP contribution is 2.12. The number of hydrogen-bond acceptors (Lipinski definition) is 4. The van der Waals surface area contributed by atoms with Crippen molar-refractivity contribution in [3.63, 3.8) is 0 Å². The SMILES string of the molecule is CC.CN(C)C(=O)c1ccc(S(=O)(=O)NC(=O)c2ccccc2)cc1.[HH]. The lowest BCUT2D eigenvalue weighted by atomic mass is 10.2. The molecule has 2 aromatic rings. The summed E-state index contributed by atoms with van der Waals surface area (Å²) < 4.78 is 26.4. The summed E-state index contributed by atoms with van der Waals surface area (Å²) in [7, 11) is -0.786. The van der Waals surface area contributed by atoms with Crippen molar-refractivity contribution in [3.05, 3.63) is 65.7 Å². The number of carbonyl (C=O) groups is 2. The van der Waals surface area contributed by atoms with Crippen molar-refractivity contribution in [1.29, 1.82) is 0 Å². The minimum atomic E-state index is -3.99. The van der Waals surface area contributed by atoms with Gasteiger partial charge in [-0.2, -0.15) is 0 Å². The molecule has 0 heterocycles. The number of nitrogens with zero attached hydrogens (tertiary/aromatic N) is 1. The van der Waals surface area contributed by atoms with E-state index in [9.17, 15) is 18.0 Å². The summed E-state index contributed by atoms with van der Waals surface area (Å²) in [5.41, 5.74) is 0.610. The van der Waals surface area contributed by atoms with Gasteiger partial charge in [-0.1, -0.05) is 32.0 Å². The Morgan fingerprint density at radius 3 is 1.88 bits per heavy atom. The van der Waals surface area contributed by atoms with E-state index < -0.39 is 15.9 Å².